The first-order valence-electron chi connectivity index (χ1n) is 8.95. The minimum atomic E-state index is -0.365. The summed E-state index contributed by atoms with van der Waals surface area (Å²) in [6.07, 6.45) is 6.66. The zero-order valence-corrected chi connectivity index (χ0v) is 16.8. The number of aromatic nitrogens is 4. The molecule has 4 aromatic rings. The van der Waals surface area contributed by atoms with Crippen LogP contribution in [0.3, 0.4) is 0 Å². The molecule has 0 atom stereocenters. The molecule has 0 saturated heterocycles. The van der Waals surface area contributed by atoms with Gasteiger partial charge in [-0.2, -0.15) is 0 Å². The Morgan fingerprint density at radius 3 is 2.86 bits per heavy atom. The van der Waals surface area contributed by atoms with Crippen molar-refractivity contribution in [3.8, 4) is 11.3 Å². The molecule has 1 amide bonds. The molecule has 0 aliphatic carbocycles. The quantitative estimate of drug-likeness (QED) is 0.494. The van der Waals surface area contributed by atoms with Crippen molar-refractivity contribution in [2.45, 2.75) is 26.9 Å². The second kappa shape index (κ2) is 7.51. The topological polar surface area (TPSA) is 94.4 Å². The van der Waals surface area contributed by atoms with Crippen molar-refractivity contribution in [1.29, 1.82) is 0 Å². The Bertz CT molecular complexity index is 1260. The number of carbonyl (C=O) groups is 1. The van der Waals surface area contributed by atoms with E-state index >= 15 is 0 Å². The van der Waals surface area contributed by atoms with Crippen molar-refractivity contribution >= 4 is 22.9 Å². The van der Waals surface area contributed by atoms with Gasteiger partial charge in [0.05, 0.1) is 12.2 Å². The highest BCUT2D eigenvalue weighted by Gasteiger charge is 2.19. The molecule has 0 unspecified atom stereocenters. The molecule has 0 spiro atoms. The number of fused-ring (bicyclic) bond motifs is 1. The fourth-order valence-corrected chi connectivity index (χ4v) is 3.74. The Morgan fingerprint density at radius 2 is 2.21 bits per heavy atom. The van der Waals surface area contributed by atoms with Gasteiger partial charge in [0.25, 0.3) is 11.5 Å². The van der Waals surface area contributed by atoms with Gasteiger partial charge in [-0.05, 0) is 19.9 Å². The summed E-state index contributed by atoms with van der Waals surface area (Å²) in [6.45, 7) is 8.07. The fourth-order valence-electron chi connectivity index (χ4n) is 3.19. The van der Waals surface area contributed by atoms with E-state index in [2.05, 4.69) is 21.9 Å². The average Bonchev–Trinajstić information content (AvgIpc) is 3.42. The molecule has 1 N–H and O–H groups in total. The van der Waals surface area contributed by atoms with Crippen LogP contribution in [0.2, 0.25) is 0 Å². The number of carbonyl (C=O) groups excluding carboxylic acids is 1. The van der Waals surface area contributed by atoms with Gasteiger partial charge in [0.15, 0.2) is 0 Å². The summed E-state index contributed by atoms with van der Waals surface area (Å²) in [6, 6.07) is 1.88. The van der Waals surface area contributed by atoms with E-state index in [9.17, 15) is 9.59 Å². The van der Waals surface area contributed by atoms with Gasteiger partial charge >= 0.3 is 0 Å². The number of nitrogens with one attached hydrogen (secondary N) is 1. The van der Waals surface area contributed by atoms with E-state index in [1.54, 1.807) is 33.6 Å². The molecule has 0 fully saturated rings. The third-order valence-electron chi connectivity index (χ3n) is 4.47. The van der Waals surface area contributed by atoms with Gasteiger partial charge in [0.2, 0.25) is 5.65 Å². The first-order chi connectivity index (χ1) is 14.0. The third kappa shape index (κ3) is 3.52. The summed E-state index contributed by atoms with van der Waals surface area (Å²) in [5.74, 6) is 1.10. The number of amides is 1. The summed E-state index contributed by atoms with van der Waals surface area (Å²) < 4.78 is 8.78. The summed E-state index contributed by atoms with van der Waals surface area (Å²) in [7, 11) is 0. The summed E-state index contributed by atoms with van der Waals surface area (Å²) in [5, 5.41) is 5.41. The van der Waals surface area contributed by atoms with Crippen LogP contribution >= 0.6 is 11.3 Å². The molecule has 0 bridgehead atoms. The number of rotatable bonds is 6. The number of furan rings is 1. The molecule has 4 heterocycles. The molecule has 4 rings (SSSR count). The van der Waals surface area contributed by atoms with Crippen molar-refractivity contribution < 1.29 is 9.21 Å². The van der Waals surface area contributed by atoms with E-state index in [0.29, 0.717) is 24.5 Å². The third-order valence-corrected chi connectivity index (χ3v) is 5.25. The normalized spacial score (nSPS) is 11.1. The highest BCUT2D eigenvalue weighted by molar-refractivity contribution is 7.09. The van der Waals surface area contributed by atoms with Gasteiger partial charge in [-0.3, -0.25) is 18.6 Å². The minimum Gasteiger partial charge on any atom is -0.466 e. The van der Waals surface area contributed by atoms with E-state index in [1.807, 2.05) is 25.3 Å². The monoisotopic (exact) mass is 409 g/mol. The molecule has 0 aliphatic rings. The van der Waals surface area contributed by atoms with Crippen molar-refractivity contribution in [3.63, 3.8) is 0 Å². The lowest BCUT2D eigenvalue weighted by Gasteiger charge is -2.11. The highest BCUT2D eigenvalue weighted by atomic mass is 32.1. The zero-order chi connectivity index (χ0) is 20.5. The molecule has 0 aromatic carbocycles. The van der Waals surface area contributed by atoms with Crippen molar-refractivity contribution in [3.05, 3.63) is 75.3 Å². The van der Waals surface area contributed by atoms with Crippen molar-refractivity contribution in [1.82, 2.24) is 24.3 Å². The van der Waals surface area contributed by atoms with E-state index in [0.717, 1.165) is 16.3 Å². The highest BCUT2D eigenvalue weighted by Crippen LogP contribution is 2.26. The smallest absolute Gasteiger partial charge is 0.295 e. The van der Waals surface area contributed by atoms with E-state index in [1.165, 1.54) is 11.3 Å². The molecule has 4 aromatic heterocycles. The van der Waals surface area contributed by atoms with Crippen molar-refractivity contribution in [2.24, 2.45) is 0 Å². The molecular weight excluding hydrogens is 390 g/mol. The molecule has 0 radical (unpaired) electrons. The number of imidazole rings is 1. The van der Waals surface area contributed by atoms with Gasteiger partial charge in [-0.25, -0.2) is 9.97 Å². The van der Waals surface area contributed by atoms with Crippen LogP contribution in [0, 0.1) is 13.8 Å². The number of hydrogen-bond acceptors (Lipinski definition) is 6. The molecular formula is C20H19N5O3S. The fraction of sp³-hybridized carbons (Fsp3) is 0.200. The lowest BCUT2D eigenvalue weighted by Crippen LogP contribution is -2.24. The Kier molecular flexibility index (Phi) is 4.89. The maximum Gasteiger partial charge on any atom is 0.295 e. The zero-order valence-electron chi connectivity index (χ0n) is 16.0. The van der Waals surface area contributed by atoms with Crippen LogP contribution in [-0.4, -0.2) is 24.8 Å². The number of thiazole rings is 1. The predicted molar refractivity (Wildman–Crippen MR) is 110 cm³/mol. The second-order valence-electron chi connectivity index (χ2n) is 6.51. The Labute approximate surface area is 170 Å². The number of aryl methyl sites for hydroxylation is 2. The average molecular weight is 409 g/mol. The van der Waals surface area contributed by atoms with Crippen LogP contribution in [0.5, 0.6) is 0 Å². The Balaban J connectivity index is 1.77. The predicted octanol–water partition coefficient (Wildman–Crippen LogP) is 2.95. The standard InChI is InChI=1S/C20H19N5O3S/c1-4-6-25-16(14-8-12(2)28-13(14)3)11-24-10-15(23-18(24)20(25)27)19(26)22-9-17-21-5-7-29-17/h4-5,7-8,10-11H,1,6,9H2,2-3H3,(H,22,26). The first-order valence-corrected chi connectivity index (χ1v) is 9.83. The van der Waals surface area contributed by atoms with Crippen LogP contribution in [0.4, 0.5) is 0 Å². The maximum absolute atomic E-state index is 13.1. The lowest BCUT2D eigenvalue weighted by atomic mass is 10.2. The second-order valence-corrected chi connectivity index (χ2v) is 7.49. The van der Waals surface area contributed by atoms with Crippen LogP contribution in [0.15, 0.2) is 51.9 Å². The van der Waals surface area contributed by atoms with Crippen LogP contribution < -0.4 is 10.9 Å². The van der Waals surface area contributed by atoms with Gasteiger partial charge in [0.1, 0.15) is 22.2 Å². The maximum atomic E-state index is 13.1. The summed E-state index contributed by atoms with van der Waals surface area (Å²) in [4.78, 5) is 34.0. The molecule has 0 aliphatic heterocycles. The van der Waals surface area contributed by atoms with Gasteiger partial charge in [-0.15, -0.1) is 17.9 Å². The largest absolute Gasteiger partial charge is 0.466 e. The molecule has 148 valence electrons. The van der Waals surface area contributed by atoms with E-state index < -0.39 is 0 Å². The number of nitrogens with zero attached hydrogens (tertiary/aromatic N) is 4. The SMILES string of the molecule is C=CCn1c(-c2cc(C)oc2C)cn2cc(C(=O)NCc3nccs3)nc2c1=O. The molecule has 29 heavy (non-hydrogen) atoms. The summed E-state index contributed by atoms with van der Waals surface area (Å²) in [5.41, 5.74) is 1.52. The number of hydrogen-bond donors (Lipinski definition) is 1. The summed E-state index contributed by atoms with van der Waals surface area (Å²) >= 11 is 1.45. The molecule has 0 saturated carbocycles. The van der Waals surface area contributed by atoms with Crippen LogP contribution in [-0.2, 0) is 13.1 Å². The van der Waals surface area contributed by atoms with Gasteiger partial charge in [0, 0.05) is 36.1 Å². The van der Waals surface area contributed by atoms with Crippen LogP contribution in [0.25, 0.3) is 16.9 Å². The van der Waals surface area contributed by atoms with Crippen LogP contribution in [0.1, 0.15) is 27.0 Å². The Hall–Kier alpha value is -3.46. The lowest BCUT2D eigenvalue weighted by molar-refractivity contribution is 0.0946. The number of allylic oxidation sites excluding steroid dienone is 1. The molecule has 9 heteroatoms. The van der Waals surface area contributed by atoms with Gasteiger partial charge in [-0.1, -0.05) is 6.08 Å². The van der Waals surface area contributed by atoms with Gasteiger partial charge < -0.3 is 9.73 Å². The van der Waals surface area contributed by atoms with E-state index in [-0.39, 0.29) is 22.8 Å². The minimum absolute atomic E-state index is 0.168. The molecule has 8 nitrogen and oxygen atoms in total. The van der Waals surface area contributed by atoms with E-state index in [4.69, 9.17) is 4.42 Å². The Morgan fingerprint density at radius 1 is 1.38 bits per heavy atom. The van der Waals surface area contributed by atoms with Crippen molar-refractivity contribution in [2.75, 3.05) is 0 Å². The first kappa shape index (κ1) is 18.9.